The minimum absolute atomic E-state index is 0.0150. The minimum atomic E-state index is -3.94. The summed E-state index contributed by atoms with van der Waals surface area (Å²) in [5.74, 6) is -1.24. The van der Waals surface area contributed by atoms with Gasteiger partial charge in [-0.1, -0.05) is 48.0 Å². The Morgan fingerprint density at radius 2 is 1.71 bits per heavy atom. The molecule has 6 N–H and O–H groups in total. The van der Waals surface area contributed by atoms with Gasteiger partial charge in [-0.3, -0.25) is 10.2 Å². The molecule has 0 spiro atoms. The van der Waals surface area contributed by atoms with Gasteiger partial charge in [0.2, 0.25) is 10.0 Å². The Morgan fingerprint density at radius 1 is 1.03 bits per heavy atom. The summed E-state index contributed by atoms with van der Waals surface area (Å²) in [4.78, 5) is 25.2. The lowest BCUT2D eigenvalue weighted by atomic mass is 10.0. The van der Waals surface area contributed by atoms with E-state index in [1.807, 2.05) is 6.92 Å². The van der Waals surface area contributed by atoms with Gasteiger partial charge in [-0.2, -0.15) is 0 Å². The lowest BCUT2D eigenvalue weighted by molar-refractivity contribution is -0.142. The standard InChI is InChI=1S/C25H26N4O5S/c1-15-6-11-22(35(28,32)33)20(12-15)17-7-9-18(10-8-17)24(30)29-21(25(31)34-2)14-16-4-3-5-19(13-16)23(26)27/h3-13,21H,14H2,1-2H3,(H3,26,27)(H,29,30)(H2,28,32,33). The molecule has 35 heavy (non-hydrogen) atoms. The van der Waals surface area contributed by atoms with Crippen molar-refractivity contribution in [1.29, 1.82) is 5.41 Å². The van der Waals surface area contributed by atoms with Crippen molar-refractivity contribution in [3.63, 3.8) is 0 Å². The first-order valence-corrected chi connectivity index (χ1v) is 12.1. The number of ether oxygens (including phenoxy) is 1. The molecule has 0 aliphatic rings. The second-order valence-corrected chi connectivity index (χ2v) is 9.52. The Kier molecular flexibility index (Phi) is 7.68. The summed E-state index contributed by atoms with van der Waals surface area (Å²) in [6.45, 7) is 1.83. The quantitative estimate of drug-likeness (QED) is 0.213. The molecule has 0 saturated heterocycles. The van der Waals surface area contributed by atoms with E-state index >= 15 is 0 Å². The van der Waals surface area contributed by atoms with E-state index in [1.165, 1.54) is 25.3 Å². The first kappa shape index (κ1) is 25.6. The van der Waals surface area contributed by atoms with Crippen molar-refractivity contribution in [2.45, 2.75) is 24.3 Å². The molecule has 0 fully saturated rings. The zero-order valence-electron chi connectivity index (χ0n) is 19.2. The Labute approximate surface area is 203 Å². The number of carbonyl (C=O) groups is 2. The van der Waals surface area contributed by atoms with Gasteiger partial charge >= 0.3 is 5.97 Å². The number of nitrogens with one attached hydrogen (secondary N) is 2. The van der Waals surface area contributed by atoms with Crippen molar-refractivity contribution in [1.82, 2.24) is 5.32 Å². The van der Waals surface area contributed by atoms with E-state index in [4.69, 9.17) is 21.0 Å². The number of rotatable bonds is 8. The molecule has 0 bridgehead atoms. The van der Waals surface area contributed by atoms with Crippen LogP contribution in [0.2, 0.25) is 0 Å². The fourth-order valence-electron chi connectivity index (χ4n) is 3.60. The summed E-state index contributed by atoms with van der Waals surface area (Å²) in [6, 6.07) is 16.9. The number of amides is 1. The second kappa shape index (κ2) is 10.5. The van der Waals surface area contributed by atoms with Crippen LogP contribution in [-0.2, 0) is 26.0 Å². The summed E-state index contributed by atoms with van der Waals surface area (Å²) in [6.07, 6.45) is 0.138. The molecular formula is C25H26N4O5S. The van der Waals surface area contributed by atoms with Gasteiger partial charge in [-0.15, -0.1) is 0 Å². The van der Waals surface area contributed by atoms with E-state index in [2.05, 4.69) is 5.32 Å². The van der Waals surface area contributed by atoms with Crippen molar-refractivity contribution in [2.24, 2.45) is 10.9 Å². The molecular weight excluding hydrogens is 468 g/mol. The molecule has 0 aromatic heterocycles. The smallest absolute Gasteiger partial charge is 0.328 e. The number of hydrogen-bond donors (Lipinski definition) is 4. The van der Waals surface area contributed by atoms with E-state index in [1.54, 1.807) is 48.5 Å². The SMILES string of the molecule is COC(=O)C(Cc1cccc(C(=N)N)c1)NC(=O)c1ccc(-c2cc(C)ccc2S(N)(=O)=O)cc1. The minimum Gasteiger partial charge on any atom is -0.467 e. The number of sulfonamides is 1. The molecule has 3 aromatic rings. The zero-order chi connectivity index (χ0) is 25.8. The lowest BCUT2D eigenvalue weighted by Gasteiger charge is -2.17. The van der Waals surface area contributed by atoms with Crippen molar-refractivity contribution in [3.05, 3.63) is 89.0 Å². The normalized spacial score (nSPS) is 12.0. The van der Waals surface area contributed by atoms with Crippen LogP contribution in [0.3, 0.4) is 0 Å². The van der Waals surface area contributed by atoms with Crippen LogP contribution in [0.25, 0.3) is 11.1 Å². The Bertz CT molecular complexity index is 1390. The predicted octanol–water partition coefficient (Wildman–Crippen LogP) is 2.11. The summed E-state index contributed by atoms with van der Waals surface area (Å²) in [5, 5.41) is 15.6. The van der Waals surface area contributed by atoms with Gasteiger partial charge in [-0.25, -0.2) is 18.4 Å². The monoisotopic (exact) mass is 494 g/mol. The third kappa shape index (κ3) is 6.31. The summed E-state index contributed by atoms with van der Waals surface area (Å²) in [7, 11) is -2.71. The zero-order valence-corrected chi connectivity index (χ0v) is 20.1. The fraction of sp³-hybridized carbons (Fsp3) is 0.160. The lowest BCUT2D eigenvalue weighted by Crippen LogP contribution is -2.43. The molecule has 3 rings (SSSR count). The van der Waals surface area contributed by atoms with E-state index in [9.17, 15) is 18.0 Å². The number of amidine groups is 1. The highest BCUT2D eigenvalue weighted by Gasteiger charge is 2.23. The van der Waals surface area contributed by atoms with Gasteiger partial charge < -0.3 is 15.8 Å². The van der Waals surface area contributed by atoms with Crippen LogP contribution in [0.15, 0.2) is 71.6 Å². The fourth-order valence-corrected chi connectivity index (χ4v) is 4.34. The number of benzene rings is 3. The summed E-state index contributed by atoms with van der Waals surface area (Å²) in [5.41, 5.74) is 8.85. The first-order valence-electron chi connectivity index (χ1n) is 10.6. The first-order chi connectivity index (χ1) is 16.5. The van der Waals surface area contributed by atoms with Gasteiger partial charge in [0.25, 0.3) is 5.91 Å². The number of nitrogen functional groups attached to an aromatic ring is 1. The van der Waals surface area contributed by atoms with E-state index in [0.717, 1.165) is 5.56 Å². The highest BCUT2D eigenvalue weighted by Crippen LogP contribution is 2.28. The number of carbonyl (C=O) groups excluding carboxylic acids is 2. The van der Waals surface area contributed by atoms with Crippen LogP contribution in [0.5, 0.6) is 0 Å². The molecule has 0 saturated carbocycles. The molecule has 0 aliphatic heterocycles. The predicted molar refractivity (Wildman–Crippen MR) is 132 cm³/mol. The average molecular weight is 495 g/mol. The maximum absolute atomic E-state index is 12.9. The Balaban J connectivity index is 1.84. The molecule has 3 aromatic carbocycles. The van der Waals surface area contributed by atoms with Crippen molar-refractivity contribution in [3.8, 4) is 11.1 Å². The van der Waals surface area contributed by atoms with E-state index < -0.39 is 27.9 Å². The molecule has 0 aliphatic carbocycles. The van der Waals surface area contributed by atoms with Crippen LogP contribution in [0, 0.1) is 12.3 Å². The third-order valence-corrected chi connectivity index (χ3v) is 6.34. The Morgan fingerprint density at radius 3 is 2.31 bits per heavy atom. The second-order valence-electron chi connectivity index (χ2n) is 7.99. The van der Waals surface area contributed by atoms with Crippen LogP contribution in [-0.4, -0.2) is 39.3 Å². The van der Waals surface area contributed by atoms with Crippen LogP contribution in [0.4, 0.5) is 0 Å². The molecule has 10 heteroatoms. The average Bonchev–Trinajstić information content (AvgIpc) is 2.82. The van der Waals surface area contributed by atoms with E-state index in [0.29, 0.717) is 22.3 Å². The molecule has 1 amide bonds. The molecule has 1 unspecified atom stereocenters. The number of hydrogen-bond acceptors (Lipinski definition) is 6. The maximum Gasteiger partial charge on any atom is 0.328 e. The van der Waals surface area contributed by atoms with Crippen LogP contribution < -0.4 is 16.2 Å². The van der Waals surface area contributed by atoms with Crippen LogP contribution in [0.1, 0.15) is 27.0 Å². The van der Waals surface area contributed by atoms with Crippen molar-refractivity contribution < 1.29 is 22.7 Å². The van der Waals surface area contributed by atoms with Crippen molar-refractivity contribution >= 4 is 27.7 Å². The number of aryl methyl sites for hydroxylation is 1. The number of methoxy groups -OCH3 is 1. The van der Waals surface area contributed by atoms with Gasteiger partial charge in [-0.05, 0) is 42.3 Å². The van der Waals surface area contributed by atoms with E-state index in [-0.39, 0.29) is 22.7 Å². The van der Waals surface area contributed by atoms with Gasteiger partial charge in [0, 0.05) is 23.1 Å². The topological polar surface area (TPSA) is 165 Å². The van der Waals surface area contributed by atoms with Crippen molar-refractivity contribution in [2.75, 3.05) is 7.11 Å². The van der Waals surface area contributed by atoms with Gasteiger partial charge in [0.15, 0.2) is 0 Å². The molecule has 9 nitrogen and oxygen atoms in total. The highest BCUT2D eigenvalue weighted by molar-refractivity contribution is 7.89. The number of nitrogens with two attached hydrogens (primary N) is 2. The largest absolute Gasteiger partial charge is 0.467 e. The van der Waals surface area contributed by atoms with Gasteiger partial charge in [0.05, 0.1) is 12.0 Å². The number of primary sulfonamides is 1. The molecule has 1 atom stereocenters. The highest BCUT2D eigenvalue weighted by atomic mass is 32.2. The maximum atomic E-state index is 12.9. The number of esters is 1. The molecule has 0 radical (unpaired) electrons. The van der Waals surface area contributed by atoms with Crippen LogP contribution >= 0.6 is 0 Å². The molecule has 182 valence electrons. The third-order valence-electron chi connectivity index (χ3n) is 5.37. The summed E-state index contributed by atoms with van der Waals surface area (Å²) >= 11 is 0. The van der Waals surface area contributed by atoms with Gasteiger partial charge in [0.1, 0.15) is 11.9 Å². The Hall–Kier alpha value is -4.02. The summed E-state index contributed by atoms with van der Waals surface area (Å²) < 4.78 is 28.8. The molecule has 0 heterocycles.